The normalized spacial score (nSPS) is 15.1. The first-order valence-corrected chi connectivity index (χ1v) is 7.19. The SMILES string of the molecule is CC(C)CN(CCCCC(C)(N)C#N)CC(C)C. The monoisotopic (exact) mass is 253 g/mol. The molecule has 3 heteroatoms. The van der Waals surface area contributed by atoms with Crippen LogP contribution in [0.5, 0.6) is 0 Å². The van der Waals surface area contributed by atoms with E-state index in [-0.39, 0.29) is 0 Å². The van der Waals surface area contributed by atoms with Crippen LogP contribution in [0.15, 0.2) is 0 Å². The molecule has 106 valence electrons. The van der Waals surface area contributed by atoms with Crippen molar-refractivity contribution in [3.05, 3.63) is 0 Å². The molecule has 0 amide bonds. The van der Waals surface area contributed by atoms with Crippen molar-refractivity contribution in [2.24, 2.45) is 17.6 Å². The molecule has 18 heavy (non-hydrogen) atoms. The second-order valence-corrected chi connectivity index (χ2v) is 6.53. The summed E-state index contributed by atoms with van der Waals surface area (Å²) in [7, 11) is 0. The molecule has 0 saturated carbocycles. The molecule has 2 N–H and O–H groups in total. The van der Waals surface area contributed by atoms with Gasteiger partial charge >= 0.3 is 0 Å². The van der Waals surface area contributed by atoms with Crippen molar-refractivity contribution < 1.29 is 0 Å². The van der Waals surface area contributed by atoms with Crippen LogP contribution in [0.4, 0.5) is 0 Å². The number of nitrogens with zero attached hydrogens (tertiary/aromatic N) is 2. The van der Waals surface area contributed by atoms with E-state index < -0.39 is 5.54 Å². The fourth-order valence-electron chi connectivity index (χ4n) is 2.17. The van der Waals surface area contributed by atoms with Crippen LogP contribution in [-0.4, -0.2) is 30.1 Å². The molecule has 0 heterocycles. The number of hydrogen-bond donors (Lipinski definition) is 1. The highest BCUT2D eigenvalue weighted by Gasteiger charge is 2.16. The van der Waals surface area contributed by atoms with Crippen LogP contribution >= 0.6 is 0 Å². The Morgan fingerprint density at radius 3 is 2.00 bits per heavy atom. The number of nitrogens with two attached hydrogens (primary N) is 1. The van der Waals surface area contributed by atoms with Crippen molar-refractivity contribution in [2.75, 3.05) is 19.6 Å². The number of hydrogen-bond acceptors (Lipinski definition) is 3. The van der Waals surface area contributed by atoms with Crippen LogP contribution in [0.3, 0.4) is 0 Å². The Morgan fingerprint density at radius 1 is 1.11 bits per heavy atom. The van der Waals surface area contributed by atoms with Crippen molar-refractivity contribution in [3.63, 3.8) is 0 Å². The van der Waals surface area contributed by atoms with Gasteiger partial charge < -0.3 is 10.6 Å². The molecular weight excluding hydrogens is 222 g/mol. The van der Waals surface area contributed by atoms with Crippen LogP contribution in [0.25, 0.3) is 0 Å². The highest BCUT2D eigenvalue weighted by Crippen LogP contribution is 2.11. The highest BCUT2D eigenvalue weighted by molar-refractivity contribution is 5.00. The van der Waals surface area contributed by atoms with Crippen LogP contribution in [0.1, 0.15) is 53.9 Å². The molecule has 0 saturated heterocycles. The van der Waals surface area contributed by atoms with Crippen LogP contribution in [-0.2, 0) is 0 Å². The molecular formula is C15H31N3. The van der Waals surface area contributed by atoms with Crippen molar-refractivity contribution in [1.29, 1.82) is 5.26 Å². The fourth-order valence-corrected chi connectivity index (χ4v) is 2.17. The molecule has 0 bridgehead atoms. The van der Waals surface area contributed by atoms with Crippen molar-refractivity contribution in [1.82, 2.24) is 4.90 Å². The molecule has 0 aliphatic rings. The largest absolute Gasteiger partial charge is 0.314 e. The predicted molar refractivity (Wildman–Crippen MR) is 78.2 cm³/mol. The first kappa shape index (κ1) is 17.4. The molecule has 0 radical (unpaired) electrons. The standard InChI is InChI=1S/C15H31N3/c1-13(2)10-18(11-14(3)4)9-7-6-8-15(5,17)12-16/h13-14H,6-11,17H2,1-5H3. The molecule has 0 aromatic carbocycles. The van der Waals surface area contributed by atoms with Gasteiger partial charge in [-0.15, -0.1) is 0 Å². The Labute approximate surface area is 113 Å². The number of unbranched alkanes of at least 4 members (excludes halogenated alkanes) is 1. The predicted octanol–water partition coefficient (Wildman–Crippen LogP) is 3.01. The van der Waals surface area contributed by atoms with E-state index in [2.05, 4.69) is 38.7 Å². The second kappa shape index (κ2) is 8.50. The molecule has 0 fully saturated rings. The first-order valence-electron chi connectivity index (χ1n) is 7.19. The van der Waals surface area contributed by atoms with Crippen LogP contribution < -0.4 is 5.73 Å². The fraction of sp³-hybridized carbons (Fsp3) is 0.933. The van der Waals surface area contributed by atoms with Gasteiger partial charge in [-0.3, -0.25) is 0 Å². The van der Waals surface area contributed by atoms with Gasteiger partial charge in [0.2, 0.25) is 0 Å². The molecule has 1 atom stereocenters. The molecule has 0 aromatic rings. The van der Waals surface area contributed by atoms with Crippen molar-refractivity contribution >= 4 is 0 Å². The summed E-state index contributed by atoms with van der Waals surface area (Å²) in [6.45, 7) is 14.3. The zero-order valence-corrected chi connectivity index (χ0v) is 12.9. The summed E-state index contributed by atoms with van der Waals surface area (Å²) >= 11 is 0. The molecule has 1 unspecified atom stereocenters. The summed E-state index contributed by atoms with van der Waals surface area (Å²) in [6, 6.07) is 2.16. The molecule has 0 aliphatic heterocycles. The number of rotatable bonds is 9. The third-order valence-electron chi connectivity index (χ3n) is 2.92. The Morgan fingerprint density at radius 2 is 1.61 bits per heavy atom. The molecule has 3 nitrogen and oxygen atoms in total. The van der Waals surface area contributed by atoms with Gasteiger partial charge in [-0.25, -0.2) is 0 Å². The van der Waals surface area contributed by atoms with Gasteiger partial charge in [0.15, 0.2) is 0 Å². The molecule has 0 aromatic heterocycles. The Hall–Kier alpha value is -0.590. The van der Waals surface area contributed by atoms with E-state index >= 15 is 0 Å². The van der Waals surface area contributed by atoms with Gasteiger partial charge in [0.25, 0.3) is 0 Å². The lowest BCUT2D eigenvalue weighted by Crippen LogP contribution is -2.35. The summed E-state index contributed by atoms with van der Waals surface area (Å²) < 4.78 is 0. The minimum atomic E-state index is -0.652. The van der Waals surface area contributed by atoms with Crippen molar-refractivity contribution in [2.45, 2.75) is 59.4 Å². The third kappa shape index (κ3) is 9.44. The van der Waals surface area contributed by atoms with Gasteiger partial charge in [0, 0.05) is 13.1 Å². The molecule has 0 aliphatic carbocycles. The zero-order chi connectivity index (χ0) is 14.2. The van der Waals surface area contributed by atoms with E-state index in [0.29, 0.717) is 11.8 Å². The second-order valence-electron chi connectivity index (χ2n) is 6.53. The summed E-state index contributed by atoms with van der Waals surface area (Å²) in [5.74, 6) is 1.42. The maximum atomic E-state index is 8.86. The van der Waals surface area contributed by atoms with Gasteiger partial charge in [-0.2, -0.15) is 5.26 Å². The van der Waals surface area contributed by atoms with E-state index in [9.17, 15) is 0 Å². The van der Waals surface area contributed by atoms with Gasteiger partial charge in [0.05, 0.1) is 6.07 Å². The Bertz CT molecular complexity index is 241. The Balaban J connectivity index is 3.93. The van der Waals surface area contributed by atoms with Gasteiger partial charge in [0.1, 0.15) is 5.54 Å². The highest BCUT2D eigenvalue weighted by atomic mass is 15.1. The van der Waals surface area contributed by atoms with E-state index in [4.69, 9.17) is 11.0 Å². The lowest BCUT2D eigenvalue weighted by Gasteiger charge is -2.26. The average Bonchev–Trinajstić information content (AvgIpc) is 2.22. The summed E-state index contributed by atoms with van der Waals surface area (Å²) in [5.41, 5.74) is 5.17. The quantitative estimate of drug-likeness (QED) is 0.643. The third-order valence-corrected chi connectivity index (χ3v) is 2.92. The van der Waals surface area contributed by atoms with Crippen molar-refractivity contribution in [3.8, 4) is 6.07 Å². The summed E-state index contributed by atoms with van der Waals surface area (Å²) in [5, 5.41) is 8.86. The lowest BCUT2D eigenvalue weighted by atomic mass is 9.98. The summed E-state index contributed by atoms with van der Waals surface area (Å²) in [4.78, 5) is 2.54. The van der Waals surface area contributed by atoms with Gasteiger partial charge in [-0.05, 0) is 44.6 Å². The topological polar surface area (TPSA) is 53.0 Å². The average molecular weight is 253 g/mol. The molecule has 0 spiro atoms. The van der Waals surface area contributed by atoms with Crippen LogP contribution in [0.2, 0.25) is 0 Å². The lowest BCUT2D eigenvalue weighted by molar-refractivity contribution is 0.214. The smallest absolute Gasteiger partial charge is 0.101 e. The van der Waals surface area contributed by atoms with E-state index in [0.717, 1.165) is 38.9 Å². The van der Waals surface area contributed by atoms with E-state index in [1.165, 1.54) is 0 Å². The summed E-state index contributed by atoms with van der Waals surface area (Å²) in [6.07, 6.45) is 2.96. The number of nitriles is 1. The van der Waals surface area contributed by atoms with Gasteiger partial charge in [-0.1, -0.05) is 27.7 Å². The zero-order valence-electron chi connectivity index (χ0n) is 12.9. The van der Waals surface area contributed by atoms with Crippen LogP contribution in [0, 0.1) is 23.2 Å². The molecule has 0 rings (SSSR count). The minimum absolute atomic E-state index is 0.652. The van der Waals surface area contributed by atoms with E-state index in [1.807, 2.05) is 6.92 Å². The van der Waals surface area contributed by atoms with E-state index in [1.54, 1.807) is 0 Å². The maximum absolute atomic E-state index is 8.86. The first-order chi connectivity index (χ1) is 8.26. The maximum Gasteiger partial charge on any atom is 0.101 e. The Kier molecular flexibility index (Phi) is 8.22. The minimum Gasteiger partial charge on any atom is -0.314 e.